The lowest BCUT2D eigenvalue weighted by Gasteiger charge is -2.10. The van der Waals surface area contributed by atoms with Gasteiger partial charge in [-0.2, -0.15) is 0 Å². The van der Waals surface area contributed by atoms with Crippen molar-refractivity contribution >= 4 is 34.8 Å². The molecule has 2 aromatic heterocycles. The predicted molar refractivity (Wildman–Crippen MR) is 119 cm³/mol. The van der Waals surface area contributed by atoms with Crippen LogP contribution in [0, 0.1) is 0 Å². The Morgan fingerprint density at radius 1 is 0.968 bits per heavy atom. The van der Waals surface area contributed by atoms with Gasteiger partial charge in [-0.25, -0.2) is 0 Å². The Hall–Kier alpha value is -3.19. The van der Waals surface area contributed by atoms with E-state index < -0.39 is 5.91 Å². The lowest BCUT2D eigenvalue weighted by molar-refractivity contribution is 0.0997. The van der Waals surface area contributed by atoms with Crippen molar-refractivity contribution in [3.05, 3.63) is 82.2 Å². The molecule has 2 heterocycles. The number of amides is 1. The summed E-state index contributed by atoms with van der Waals surface area (Å²) in [5.74, 6) is 1.67. The number of rotatable bonds is 6. The summed E-state index contributed by atoms with van der Waals surface area (Å²) < 4.78 is 16.7. The summed E-state index contributed by atoms with van der Waals surface area (Å²) >= 11 is 12.1. The molecule has 6 nitrogen and oxygen atoms in total. The lowest BCUT2D eigenvalue weighted by Crippen LogP contribution is -2.10. The molecule has 158 valence electrons. The molecule has 4 rings (SSSR count). The van der Waals surface area contributed by atoms with Gasteiger partial charge in [0.1, 0.15) is 29.6 Å². The first kappa shape index (κ1) is 21.1. The average molecular weight is 458 g/mol. The third kappa shape index (κ3) is 4.61. The number of anilines is 1. The Bertz CT molecular complexity index is 1220. The van der Waals surface area contributed by atoms with Crippen LogP contribution in [-0.2, 0) is 6.61 Å². The van der Waals surface area contributed by atoms with Gasteiger partial charge in [0.2, 0.25) is 0 Å². The first-order valence-corrected chi connectivity index (χ1v) is 9.98. The first-order valence-electron chi connectivity index (χ1n) is 9.22. The van der Waals surface area contributed by atoms with E-state index in [0.29, 0.717) is 49.9 Å². The molecular formula is C23H17Cl2NO5. The predicted octanol–water partition coefficient (Wildman–Crippen LogP) is 6.27. The van der Waals surface area contributed by atoms with Gasteiger partial charge in [0, 0.05) is 21.3 Å². The number of furan rings is 2. The van der Waals surface area contributed by atoms with Crippen molar-refractivity contribution in [1.82, 2.24) is 0 Å². The number of aliphatic hydroxyl groups is 1. The summed E-state index contributed by atoms with van der Waals surface area (Å²) in [6, 6.07) is 16.8. The number of carbonyl (C=O) groups is 1. The van der Waals surface area contributed by atoms with Gasteiger partial charge >= 0.3 is 0 Å². The maximum Gasteiger partial charge on any atom is 0.291 e. The summed E-state index contributed by atoms with van der Waals surface area (Å²) in [6.45, 7) is -0.211. The van der Waals surface area contributed by atoms with Crippen molar-refractivity contribution in [3.8, 4) is 28.4 Å². The van der Waals surface area contributed by atoms with Crippen LogP contribution >= 0.6 is 23.2 Å². The van der Waals surface area contributed by atoms with Crippen LogP contribution in [0.15, 0.2) is 69.5 Å². The molecule has 0 fully saturated rings. The zero-order valence-corrected chi connectivity index (χ0v) is 17.8. The molecule has 0 aliphatic heterocycles. The minimum absolute atomic E-state index is 0.129. The second-order valence-corrected chi connectivity index (χ2v) is 7.49. The highest BCUT2D eigenvalue weighted by atomic mass is 35.5. The zero-order chi connectivity index (χ0) is 22.0. The van der Waals surface area contributed by atoms with Crippen molar-refractivity contribution in [1.29, 1.82) is 0 Å². The third-order valence-electron chi connectivity index (χ3n) is 4.52. The zero-order valence-electron chi connectivity index (χ0n) is 16.3. The topological polar surface area (TPSA) is 84.8 Å². The summed E-state index contributed by atoms with van der Waals surface area (Å²) in [5, 5.41) is 13.0. The number of hydrogen-bond acceptors (Lipinski definition) is 5. The molecule has 8 heteroatoms. The number of aliphatic hydroxyl groups excluding tert-OH is 1. The van der Waals surface area contributed by atoms with E-state index in [-0.39, 0.29) is 12.4 Å². The second kappa shape index (κ2) is 8.89. The maximum atomic E-state index is 12.7. The SMILES string of the molecule is COc1ccc(NC(=O)c2ccc(-c3cc(Cl)cc(Cl)c3)o2)cc1-c1ccc(CO)o1. The quantitative estimate of drug-likeness (QED) is 0.356. The molecule has 0 aliphatic carbocycles. The van der Waals surface area contributed by atoms with Crippen LogP contribution in [-0.4, -0.2) is 18.1 Å². The van der Waals surface area contributed by atoms with Gasteiger partial charge in [0.05, 0.1) is 12.7 Å². The van der Waals surface area contributed by atoms with Gasteiger partial charge in [-0.15, -0.1) is 0 Å². The molecule has 4 aromatic rings. The van der Waals surface area contributed by atoms with Crippen LogP contribution < -0.4 is 10.1 Å². The van der Waals surface area contributed by atoms with E-state index in [2.05, 4.69) is 5.32 Å². The smallest absolute Gasteiger partial charge is 0.291 e. The van der Waals surface area contributed by atoms with E-state index in [1.54, 1.807) is 67.8 Å². The van der Waals surface area contributed by atoms with Crippen LogP contribution in [0.3, 0.4) is 0 Å². The average Bonchev–Trinajstić information content (AvgIpc) is 3.43. The van der Waals surface area contributed by atoms with Gasteiger partial charge in [0.15, 0.2) is 5.76 Å². The molecule has 0 unspecified atom stereocenters. The number of hydrogen-bond donors (Lipinski definition) is 2. The molecule has 0 aliphatic rings. The molecule has 0 saturated heterocycles. The van der Waals surface area contributed by atoms with Gasteiger partial charge < -0.3 is 24.0 Å². The molecule has 0 spiro atoms. The molecule has 0 radical (unpaired) electrons. The van der Waals surface area contributed by atoms with Crippen LogP contribution in [0.5, 0.6) is 5.75 Å². The van der Waals surface area contributed by atoms with Crippen LogP contribution in [0.2, 0.25) is 10.0 Å². The Kier molecular flexibility index (Phi) is 6.04. The van der Waals surface area contributed by atoms with E-state index in [1.165, 1.54) is 0 Å². The van der Waals surface area contributed by atoms with Gasteiger partial charge in [-0.3, -0.25) is 4.79 Å². The van der Waals surface area contributed by atoms with E-state index in [4.69, 9.17) is 36.8 Å². The van der Waals surface area contributed by atoms with E-state index in [0.717, 1.165) is 0 Å². The normalized spacial score (nSPS) is 10.8. The molecule has 2 aromatic carbocycles. The number of benzene rings is 2. The number of ether oxygens (including phenoxy) is 1. The summed E-state index contributed by atoms with van der Waals surface area (Å²) in [7, 11) is 1.54. The fourth-order valence-corrected chi connectivity index (χ4v) is 3.62. The Morgan fingerprint density at radius 2 is 1.71 bits per heavy atom. The van der Waals surface area contributed by atoms with Crippen molar-refractivity contribution in [2.24, 2.45) is 0 Å². The van der Waals surface area contributed by atoms with Crippen molar-refractivity contribution in [2.45, 2.75) is 6.61 Å². The van der Waals surface area contributed by atoms with Crippen LogP contribution in [0.25, 0.3) is 22.6 Å². The molecule has 0 atom stereocenters. The fraction of sp³-hybridized carbons (Fsp3) is 0.0870. The molecule has 2 N–H and O–H groups in total. The first-order chi connectivity index (χ1) is 15.0. The number of carbonyl (C=O) groups excluding carboxylic acids is 1. The molecule has 31 heavy (non-hydrogen) atoms. The molecular weight excluding hydrogens is 441 g/mol. The number of methoxy groups -OCH3 is 1. The number of nitrogens with one attached hydrogen (secondary N) is 1. The van der Waals surface area contributed by atoms with Crippen molar-refractivity contribution in [3.63, 3.8) is 0 Å². The highest BCUT2D eigenvalue weighted by Crippen LogP contribution is 2.34. The standard InChI is InChI=1S/C23H17Cl2NO5/c1-29-20-4-2-16(11-18(20)21-5-3-17(12-27)30-21)26-23(28)22-7-6-19(31-22)13-8-14(24)10-15(25)9-13/h2-11,27H,12H2,1H3,(H,26,28). The van der Waals surface area contributed by atoms with Gasteiger partial charge in [-0.05, 0) is 60.7 Å². The summed E-state index contributed by atoms with van der Waals surface area (Å²) in [5.41, 5.74) is 1.82. The monoisotopic (exact) mass is 457 g/mol. The molecule has 1 amide bonds. The van der Waals surface area contributed by atoms with Crippen LogP contribution in [0.4, 0.5) is 5.69 Å². The van der Waals surface area contributed by atoms with Crippen molar-refractivity contribution < 1.29 is 23.5 Å². The van der Waals surface area contributed by atoms with Gasteiger partial charge in [-0.1, -0.05) is 23.2 Å². The minimum Gasteiger partial charge on any atom is -0.496 e. The highest BCUT2D eigenvalue weighted by Gasteiger charge is 2.16. The summed E-state index contributed by atoms with van der Waals surface area (Å²) in [4.78, 5) is 12.7. The lowest BCUT2D eigenvalue weighted by atomic mass is 10.1. The largest absolute Gasteiger partial charge is 0.496 e. The molecule has 0 bridgehead atoms. The third-order valence-corrected chi connectivity index (χ3v) is 4.95. The van der Waals surface area contributed by atoms with E-state index in [1.807, 2.05) is 0 Å². The molecule has 0 saturated carbocycles. The van der Waals surface area contributed by atoms with Crippen molar-refractivity contribution in [2.75, 3.05) is 12.4 Å². The highest BCUT2D eigenvalue weighted by molar-refractivity contribution is 6.35. The Balaban J connectivity index is 1.57. The van der Waals surface area contributed by atoms with E-state index in [9.17, 15) is 9.90 Å². The Morgan fingerprint density at radius 3 is 2.39 bits per heavy atom. The maximum absolute atomic E-state index is 12.7. The summed E-state index contributed by atoms with van der Waals surface area (Å²) in [6.07, 6.45) is 0. The minimum atomic E-state index is -0.425. The number of halogens is 2. The van der Waals surface area contributed by atoms with Crippen LogP contribution in [0.1, 0.15) is 16.3 Å². The van der Waals surface area contributed by atoms with E-state index >= 15 is 0 Å². The van der Waals surface area contributed by atoms with Gasteiger partial charge in [0.25, 0.3) is 5.91 Å². The Labute approximate surface area is 188 Å². The second-order valence-electron chi connectivity index (χ2n) is 6.62. The fourth-order valence-electron chi connectivity index (χ4n) is 3.09.